The second-order valence-corrected chi connectivity index (χ2v) is 9.81. The first-order chi connectivity index (χ1) is 6.64. The van der Waals surface area contributed by atoms with E-state index in [2.05, 4.69) is 78.6 Å². The molecule has 0 saturated carbocycles. The summed E-state index contributed by atoms with van der Waals surface area (Å²) in [5.41, 5.74) is 10.6. The zero-order valence-corrected chi connectivity index (χ0v) is 11.9. The Labute approximate surface area is 98.0 Å². The molecule has 15 heavy (non-hydrogen) atoms. The summed E-state index contributed by atoms with van der Waals surface area (Å²) in [4.78, 5) is 0. The molecule has 0 radical (unpaired) electrons. The van der Waals surface area contributed by atoms with Gasteiger partial charge in [-0.2, -0.15) is 0 Å². The van der Waals surface area contributed by atoms with Crippen molar-refractivity contribution in [3.63, 3.8) is 0 Å². The minimum absolute atomic E-state index is 0.000000000000000222. The van der Waals surface area contributed by atoms with E-state index in [9.17, 15) is 0 Å². The van der Waals surface area contributed by atoms with Crippen LogP contribution >= 0.6 is 12.2 Å². The first kappa shape index (κ1) is 14.1. The fourth-order valence-corrected chi connectivity index (χ4v) is 2.06. The number of imidazole rings is 1. The summed E-state index contributed by atoms with van der Waals surface area (Å²) in [6.45, 7) is 9.15. The molecule has 4 N–H and O–H groups in total. The van der Waals surface area contributed by atoms with Crippen LogP contribution in [-0.4, -0.2) is 17.9 Å². The third kappa shape index (κ3) is 5.53. The maximum absolute atomic E-state index is 4.62. The molecule has 0 aliphatic carbocycles. The highest BCUT2D eigenvalue weighted by molar-refractivity contribution is 7.80. The van der Waals surface area contributed by atoms with Gasteiger partial charge in [-0.1, -0.05) is 0 Å². The van der Waals surface area contributed by atoms with Crippen molar-refractivity contribution in [2.45, 2.75) is 26.6 Å². The summed E-state index contributed by atoms with van der Waals surface area (Å²) in [6, 6.07) is 0. The lowest BCUT2D eigenvalue weighted by Gasteiger charge is -2.09. The molecule has 1 aromatic rings. The van der Waals surface area contributed by atoms with Gasteiger partial charge in [0, 0.05) is 6.92 Å². The number of nitrogens with two attached hydrogens (primary N) is 2. The van der Waals surface area contributed by atoms with Gasteiger partial charge in [0.2, 0.25) is 6.33 Å². The molecule has 0 aliphatic rings. The molecule has 0 fully saturated rings. The van der Waals surface area contributed by atoms with Crippen molar-refractivity contribution in [2.75, 3.05) is 0 Å². The van der Waals surface area contributed by atoms with Gasteiger partial charge < -0.3 is 11.5 Å². The normalized spacial score (nSPS) is 10.5. The van der Waals surface area contributed by atoms with Gasteiger partial charge in [0.05, 0.1) is 7.05 Å². The van der Waals surface area contributed by atoms with E-state index >= 15 is 0 Å². The van der Waals surface area contributed by atoms with Gasteiger partial charge in [0.1, 0.15) is 11.9 Å². The van der Waals surface area contributed by atoms with Crippen molar-refractivity contribution in [3.05, 3.63) is 18.2 Å². The molecule has 1 rings (SSSR count). The van der Waals surface area contributed by atoms with Crippen LogP contribution in [0.5, 0.6) is 0 Å². The van der Waals surface area contributed by atoms with Gasteiger partial charge in [-0.15, -0.1) is 0 Å². The fourth-order valence-electron chi connectivity index (χ4n) is 0.970. The van der Waals surface area contributed by atoms with Crippen LogP contribution < -0.4 is 15.7 Å². The van der Waals surface area contributed by atoms with Crippen LogP contribution in [0.3, 0.4) is 0 Å². The van der Waals surface area contributed by atoms with E-state index in [0.717, 1.165) is 0 Å². The molecule has 0 aromatic carbocycles. The van der Waals surface area contributed by atoms with Crippen LogP contribution in [0.25, 0.3) is 0 Å². The number of thiocarbonyl (C=S) groups is 1. The van der Waals surface area contributed by atoms with Gasteiger partial charge in [0.25, 0.3) is 8.24 Å². The van der Waals surface area contributed by atoms with E-state index in [1.807, 2.05) is 0 Å². The van der Waals surface area contributed by atoms with Crippen LogP contribution in [-0.2, 0) is 7.05 Å². The fraction of sp³-hybridized carbons (Fsp3) is 0.556. The lowest BCUT2D eigenvalue weighted by atomic mass is 10.5. The topological polar surface area (TPSA) is 60.8 Å². The molecule has 0 bridgehead atoms. The van der Waals surface area contributed by atoms with Crippen molar-refractivity contribution in [2.24, 2.45) is 18.5 Å². The van der Waals surface area contributed by atoms with Gasteiger partial charge in [-0.3, -0.25) is 4.23 Å². The van der Waals surface area contributed by atoms with E-state index in [1.54, 1.807) is 0 Å². The Morgan fingerprint density at radius 2 is 1.80 bits per heavy atom. The highest BCUT2D eigenvalue weighted by Crippen LogP contribution is 1.98. The monoisotopic (exact) mass is 245 g/mol. The van der Waals surface area contributed by atoms with Gasteiger partial charge in [-0.05, 0) is 31.9 Å². The number of rotatable bonds is 1. The van der Waals surface area contributed by atoms with E-state index in [-0.39, 0.29) is 5.11 Å². The molecule has 86 valence electrons. The third-order valence-corrected chi connectivity index (χ3v) is 3.75. The summed E-state index contributed by atoms with van der Waals surface area (Å²) in [5, 5.41) is 0.000000000000000222. The number of aromatic nitrogens is 2. The van der Waals surface area contributed by atoms with E-state index in [1.165, 1.54) is 5.69 Å². The number of nitrogens with zero attached hydrogens (tertiary/aromatic N) is 2. The first-order valence-electron chi connectivity index (χ1n) is 4.74. The number of aryl methyl sites for hydroxylation is 2. The summed E-state index contributed by atoms with van der Waals surface area (Å²) < 4.78 is 4.53. The smallest absolute Gasteiger partial charge is 0.257 e. The standard InChI is InChI=1S/C8H17N2Si.CH4N2S/c1-8-6-10(7-9(8)2)11(3,4)5;2-1(3)4/h6-7H,1-5H3;(H4,2,3,4)/q+1;. The zero-order chi connectivity index (χ0) is 12.2. The Hall–Kier alpha value is -0.883. The highest BCUT2D eigenvalue weighted by atomic mass is 32.1. The lowest BCUT2D eigenvalue weighted by molar-refractivity contribution is -0.545. The number of hydrogen-bond donors (Lipinski definition) is 2. The van der Waals surface area contributed by atoms with Crippen molar-refractivity contribution in [3.8, 4) is 0 Å². The molecule has 1 aromatic heterocycles. The summed E-state index contributed by atoms with van der Waals surface area (Å²) in [7, 11) is 0.941. The summed E-state index contributed by atoms with van der Waals surface area (Å²) in [6.07, 6.45) is 4.41. The molecule has 4 nitrogen and oxygen atoms in total. The Balaban J connectivity index is 0.000000423. The third-order valence-electron chi connectivity index (χ3n) is 1.95. The molecule has 0 spiro atoms. The predicted octanol–water partition coefficient (Wildman–Crippen LogP) is 0.493. The Morgan fingerprint density at radius 3 is 1.93 bits per heavy atom. The largest absolute Gasteiger partial charge is 0.377 e. The van der Waals surface area contributed by atoms with Crippen LogP contribution in [0.15, 0.2) is 12.5 Å². The van der Waals surface area contributed by atoms with Crippen LogP contribution in [0.2, 0.25) is 19.6 Å². The van der Waals surface area contributed by atoms with E-state index in [0.29, 0.717) is 0 Å². The predicted molar refractivity (Wildman–Crippen MR) is 70.1 cm³/mol. The van der Waals surface area contributed by atoms with Gasteiger partial charge in [0.15, 0.2) is 5.11 Å². The van der Waals surface area contributed by atoms with Crippen LogP contribution in [0.4, 0.5) is 0 Å². The number of hydrogen-bond acceptors (Lipinski definition) is 1. The molecule has 0 saturated heterocycles. The van der Waals surface area contributed by atoms with E-state index < -0.39 is 8.24 Å². The highest BCUT2D eigenvalue weighted by Gasteiger charge is 2.23. The second-order valence-electron chi connectivity index (χ2n) is 4.48. The molecule has 0 aliphatic heterocycles. The summed E-state index contributed by atoms with van der Waals surface area (Å²) >= 11 is 4.09. The molecule has 1 heterocycles. The Bertz CT molecular complexity index is 317. The lowest BCUT2D eigenvalue weighted by Crippen LogP contribution is -2.56. The molecule has 0 unspecified atom stereocenters. The van der Waals surface area contributed by atoms with Crippen LogP contribution in [0, 0.1) is 6.92 Å². The molecular weight excluding hydrogens is 224 g/mol. The average Bonchev–Trinajstić information content (AvgIpc) is 2.29. The SMILES string of the molecule is Cc1c[n+]([Si](C)(C)C)cn1C.NC(N)=S. The quantitative estimate of drug-likeness (QED) is 0.559. The second kappa shape index (κ2) is 5.27. The van der Waals surface area contributed by atoms with Crippen molar-refractivity contribution >= 4 is 25.6 Å². The summed E-state index contributed by atoms with van der Waals surface area (Å²) in [5.74, 6) is 0. The molecular formula is C9H21N4SSi+. The maximum atomic E-state index is 4.62. The van der Waals surface area contributed by atoms with E-state index in [4.69, 9.17) is 0 Å². The van der Waals surface area contributed by atoms with Gasteiger partial charge in [-0.25, -0.2) is 4.57 Å². The first-order valence-corrected chi connectivity index (χ1v) is 8.59. The minimum Gasteiger partial charge on any atom is -0.377 e. The van der Waals surface area contributed by atoms with Crippen molar-refractivity contribution in [1.82, 2.24) is 4.57 Å². The van der Waals surface area contributed by atoms with Crippen molar-refractivity contribution in [1.29, 1.82) is 0 Å². The Kier molecular flexibility index (Phi) is 4.96. The van der Waals surface area contributed by atoms with Gasteiger partial charge >= 0.3 is 0 Å². The van der Waals surface area contributed by atoms with Crippen molar-refractivity contribution < 1.29 is 4.23 Å². The average molecular weight is 245 g/mol. The molecule has 0 amide bonds. The Morgan fingerprint density at radius 1 is 1.40 bits per heavy atom. The maximum Gasteiger partial charge on any atom is 0.257 e. The minimum atomic E-state index is -1.15. The molecule has 6 heteroatoms. The van der Waals surface area contributed by atoms with Crippen LogP contribution in [0.1, 0.15) is 5.69 Å². The zero-order valence-electron chi connectivity index (χ0n) is 10.1. The molecule has 0 atom stereocenters.